The summed E-state index contributed by atoms with van der Waals surface area (Å²) >= 11 is 0. The second-order valence-corrected chi connectivity index (χ2v) is 5.94. The SMILES string of the molecule is CCN1CC(C)(COc2ccc3c(c2)CNC3)C1. The number of hydrogen-bond donors (Lipinski definition) is 1. The molecule has 1 aromatic carbocycles. The highest BCUT2D eigenvalue weighted by atomic mass is 16.5. The van der Waals surface area contributed by atoms with Crippen molar-refractivity contribution in [3.05, 3.63) is 29.3 Å². The lowest BCUT2D eigenvalue weighted by Crippen LogP contribution is -2.57. The van der Waals surface area contributed by atoms with Crippen molar-refractivity contribution in [2.24, 2.45) is 5.41 Å². The third-order valence-electron chi connectivity index (χ3n) is 4.05. The third kappa shape index (κ3) is 2.25. The zero-order chi connectivity index (χ0) is 12.6. The number of rotatable bonds is 4. The highest BCUT2D eigenvalue weighted by Gasteiger charge is 2.38. The van der Waals surface area contributed by atoms with Gasteiger partial charge in [-0.15, -0.1) is 0 Å². The van der Waals surface area contributed by atoms with Crippen LogP contribution in [0.5, 0.6) is 5.75 Å². The van der Waals surface area contributed by atoms with Gasteiger partial charge >= 0.3 is 0 Å². The van der Waals surface area contributed by atoms with E-state index in [1.807, 2.05) is 0 Å². The fourth-order valence-electron chi connectivity index (χ4n) is 2.97. The van der Waals surface area contributed by atoms with Gasteiger partial charge in [-0.1, -0.05) is 19.9 Å². The van der Waals surface area contributed by atoms with E-state index in [0.717, 1.165) is 45.1 Å². The fourth-order valence-corrected chi connectivity index (χ4v) is 2.97. The normalized spacial score (nSPS) is 21.4. The molecule has 1 fully saturated rings. The van der Waals surface area contributed by atoms with Crippen molar-refractivity contribution in [3.8, 4) is 5.75 Å². The van der Waals surface area contributed by atoms with Crippen LogP contribution in [0.3, 0.4) is 0 Å². The molecule has 18 heavy (non-hydrogen) atoms. The molecule has 1 aromatic rings. The zero-order valence-electron chi connectivity index (χ0n) is 11.3. The molecular weight excluding hydrogens is 224 g/mol. The van der Waals surface area contributed by atoms with Gasteiger partial charge in [0.25, 0.3) is 0 Å². The fraction of sp³-hybridized carbons (Fsp3) is 0.600. The van der Waals surface area contributed by atoms with Gasteiger partial charge in [0.1, 0.15) is 5.75 Å². The Morgan fingerprint density at radius 3 is 2.83 bits per heavy atom. The first kappa shape index (κ1) is 12.0. The molecule has 0 aromatic heterocycles. The molecule has 2 aliphatic heterocycles. The van der Waals surface area contributed by atoms with Gasteiger partial charge in [-0.3, -0.25) is 0 Å². The topological polar surface area (TPSA) is 24.5 Å². The summed E-state index contributed by atoms with van der Waals surface area (Å²) in [6, 6.07) is 6.48. The standard InChI is InChI=1S/C15H22N2O/c1-3-17-9-15(2,10-17)11-18-14-5-4-12-7-16-8-13(12)6-14/h4-6,16H,3,7-11H2,1-2H3. The van der Waals surface area contributed by atoms with Crippen LogP contribution in [0.2, 0.25) is 0 Å². The Kier molecular flexibility index (Phi) is 3.04. The summed E-state index contributed by atoms with van der Waals surface area (Å²) in [5.41, 5.74) is 3.14. The molecule has 0 radical (unpaired) electrons. The van der Waals surface area contributed by atoms with E-state index in [0.29, 0.717) is 5.41 Å². The summed E-state index contributed by atoms with van der Waals surface area (Å²) in [7, 11) is 0. The van der Waals surface area contributed by atoms with Crippen molar-refractivity contribution in [2.45, 2.75) is 26.9 Å². The van der Waals surface area contributed by atoms with E-state index in [1.165, 1.54) is 11.1 Å². The lowest BCUT2D eigenvalue weighted by atomic mass is 9.83. The van der Waals surface area contributed by atoms with Crippen LogP contribution < -0.4 is 10.1 Å². The molecule has 0 aliphatic carbocycles. The molecule has 0 spiro atoms. The maximum absolute atomic E-state index is 5.98. The Morgan fingerprint density at radius 1 is 1.28 bits per heavy atom. The van der Waals surface area contributed by atoms with E-state index in [1.54, 1.807) is 0 Å². The zero-order valence-corrected chi connectivity index (χ0v) is 11.3. The number of hydrogen-bond acceptors (Lipinski definition) is 3. The van der Waals surface area contributed by atoms with Gasteiger partial charge in [-0.25, -0.2) is 0 Å². The molecule has 98 valence electrons. The highest BCUT2D eigenvalue weighted by molar-refractivity contribution is 5.37. The van der Waals surface area contributed by atoms with Crippen molar-refractivity contribution in [1.29, 1.82) is 0 Å². The number of ether oxygens (including phenoxy) is 1. The van der Waals surface area contributed by atoms with Gasteiger partial charge < -0.3 is 15.0 Å². The van der Waals surface area contributed by atoms with E-state index in [9.17, 15) is 0 Å². The minimum atomic E-state index is 0.341. The Morgan fingerprint density at radius 2 is 2.06 bits per heavy atom. The maximum Gasteiger partial charge on any atom is 0.119 e. The summed E-state index contributed by atoms with van der Waals surface area (Å²) in [5.74, 6) is 1.02. The van der Waals surface area contributed by atoms with Crippen LogP contribution in [-0.4, -0.2) is 31.1 Å². The molecule has 0 unspecified atom stereocenters. The van der Waals surface area contributed by atoms with E-state index >= 15 is 0 Å². The minimum absolute atomic E-state index is 0.341. The highest BCUT2D eigenvalue weighted by Crippen LogP contribution is 2.31. The number of fused-ring (bicyclic) bond motifs is 1. The smallest absolute Gasteiger partial charge is 0.119 e. The summed E-state index contributed by atoms with van der Waals surface area (Å²) in [6.45, 7) is 10.8. The molecule has 1 N–H and O–H groups in total. The Balaban J connectivity index is 1.57. The van der Waals surface area contributed by atoms with Crippen molar-refractivity contribution in [1.82, 2.24) is 10.2 Å². The summed E-state index contributed by atoms with van der Waals surface area (Å²) in [4.78, 5) is 2.45. The van der Waals surface area contributed by atoms with Crippen LogP contribution in [0.1, 0.15) is 25.0 Å². The number of nitrogens with zero attached hydrogens (tertiary/aromatic N) is 1. The van der Waals surface area contributed by atoms with Crippen LogP contribution in [0.25, 0.3) is 0 Å². The molecule has 2 heterocycles. The van der Waals surface area contributed by atoms with Gasteiger partial charge in [0.2, 0.25) is 0 Å². The molecule has 0 bridgehead atoms. The predicted octanol–water partition coefficient (Wildman–Crippen LogP) is 2.01. The lowest BCUT2D eigenvalue weighted by Gasteiger charge is -2.47. The first-order valence-corrected chi connectivity index (χ1v) is 6.86. The molecule has 1 saturated heterocycles. The van der Waals surface area contributed by atoms with Crippen molar-refractivity contribution >= 4 is 0 Å². The van der Waals surface area contributed by atoms with E-state index < -0.39 is 0 Å². The Hall–Kier alpha value is -1.06. The molecule has 0 saturated carbocycles. The Labute approximate surface area is 109 Å². The number of nitrogens with one attached hydrogen (secondary N) is 1. The van der Waals surface area contributed by atoms with Crippen molar-refractivity contribution < 1.29 is 4.74 Å². The molecule has 3 heteroatoms. The Bertz CT molecular complexity index is 438. The van der Waals surface area contributed by atoms with Crippen LogP contribution in [0, 0.1) is 5.41 Å². The first-order valence-electron chi connectivity index (χ1n) is 6.86. The van der Waals surface area contributed by atoms with Crippen molar-refractivity contribution in [3.63, 3.8) is 0 Å². The predicted molar refractivity (Wildman–Crippen MR) is 72.7 cm³/mol. The minimum Gasteiger partial charge on any atom is -0.493 e. The molecule has 2 aliphatic rings. The van der Waals surface area contributed by atoms with Crippen LogP contribution in [0.4, 0.5) is 0 Å². The summed E-state index contributed by atoms with van der Waals surface area (Å²) < 4.78 is 5.98. The lowest BCUT2D eigenvalue weighted by molar-refractivity contribution is -0.0155. The average molecular weight is 246 g/mol. The second kappa shape index (κ2) is 4.56. The summed E-state index contributed by atoms with van der Waals surface area (Å²) in [6.07, 6.45) is 0. The van der Waals surface area contributed by atoms with Gasteiger partial charge in [-0.2, -0.15) is 0 Å². The van der Waals surface area contributed by atoms with E-state index in [4.69, 9.17) is 4.74 Å². The quantitative estimate of drug-likeness (QED) is 0.879. The summed E-state index contributed by atoms with van der Waals surface area (Å²) in [5, 5.41) is 3.36. The van der Waals surface area contributed by atoms with Crippen LogP contribution in [-0.2, 0) is 13.1 Å². The van der Waals surface area contributed by atoms with Crippen LogP contribution in [0.15, 0.2) is 18.2 Å². The van der Waals surface area contributed by atoms with Crippen molar-refractivity contribution in [2.75, 3.05) is 26.2 Å². The number of likely N-dealkylation sites (tertiary alicyclic amines) is 1. The monoisotopic (exact) mass is 246 g/mol. The maximum atomic E-state index is 5.98. The average Bonchev–Trinajstić information content (AvgIpc) is 2.80. The van der Waals surface area contributed by atoms with E-state index in [2.05, 4.69) is 42.3 Å². The molecule has 0 amide bonds. The third-order valence-corrected chi connectivity index (χ3v) is 4.05. The largest absolute Gasteiger partial charge is 0.493 e. The number of benzene rings is 1. The van der Waals surface area contributed by atoms with Gasteiger partial charge in [0.05, 0.1) is 6.61 Å². The molecular formula is C15H22N2O. The van der Waals surface area contributed by atoms with Gasteiger partial charge in [-0.05, 0) is 29.8 Å². The molecule has 3 nitrogen and oxygen atoms in total. The second-order valence-electron chi connectivity index (χ2n) is 5.94. The van der Waals surface area contributed by atoms with Gasteiger partial charge in [0.15, 0.2) is 0 Å². The first-order chi connectivity index (χ1) is 8.68. The van der Waals surface area contributed by atoms with Gasteiger partial charge in [0, 0.05) is 31.6 Å². The van der Waals surface area contributed by atoms with Crippen LogP contribution >= 0.6 is 0 Å². The van der Waals surface area contributed by atoms with E-state index in [-0.39, 0.29) is 0 Å². The molecule has 0 atom stereocenters. The molecule has 3 rings (SSSR count).